The van der Waals surface area contributed by atoms with Gasteiger partial charge in [0.05, 0.1) is 0 Å². The van der Waals surface area contributed by atoms with Gasteiger partial charge in [0, 0.05) is 0 Å². The van der Waals surface area contributed by atoms with Crippen molar-refractivity contribution in [1.82, 2.24) is 0 Å². The SMILES string of the molecule is CC(C)C(C(C)C)C(c1ccc2ccc3ccc(C(C(C(C)C)C(C)C)C(C(C)C)C(C)C)c4ccc1c2c34)C(C(C)C)C(C)C. The Bertz CT molecular complexity index is 1350. The molecule has 0 atom stereocenters. The Morgan fingerprint density at radius 1 is 0.283 bits per heavy atom. The molecule has 0 heterocycles. The highest BCUT2D eigenvalue weighted by atomic mass is 14.4. The highest BCUT2D eigenvalue weighted by Crippen LogP contribution is 2.52. The molecule has 254 valence electrons. The summed E-state index contributed by atoms with van der Waals surface area (Å²) in [7, 11) is 0. The van der Waals surface area contributed by atoms with Crippen molar-refractivity contribution in [3.05, 3.63) is 59.7 Å². The van der Waals surface area contributed by atoms with Crippen LogP contribution in [0.4, 0.5) is 0 Å². The van der Waals surface area contributed by atoms with E-state index in [1.54, 1.807) is 11.1 Å². The fourth-order valence-corrected chi connectivity index (χ4v) is 11.2. The van der Waals surface area contributed by atoms with Crippen molar-refractivity contribution in [2.75, 3.05) is 0 Å². The highest BCUT2D eigenvalue weighted by molar-refractivity contribution is 6.24. The van der Waals surface area contributed by atoms with E-state index in [0.717, 1.165) is 0 Å². The molecule has 4 rings (SSSR count). The number of hydrogen-bond acceptors (Lipinski definition) is 0. The van der Waals surface area contributed by atoms with Gasteiger partial charge in [-0.25, -0.2) is 0 Å². The molecule has 4 aromatic carbocycles. The Morgan fingerprint density at radius 3 is 0.717 bits per heavy atom. The van der Waals surface area contributed by atoms with Crippen LogP contribution in [0.2, 0.25) is 0 Å². The van der Waals surface area contributed by atoms with Crippen LogP contribution in [0.5, 0.6) is 0 Å². The fourth-order valence-electron chi connectivity index (χ4n) is 11.2. The summed E-state index contributed by atoms with van der Waals surface area (Å²) in [6.45, 7) is 39.5. The summed E-state index contributed by atoms with van der Waals surface area (Å²) in [5.41, 5.74) is 3.18. The summed E-state index contributed by atoms with van der Waals surface area (Å²) in [5, 5.41) is 8.81. The molecule has 0 nitrogen and oxygen atoms in total. The maximum absolute atomic E-state index is 2.56. The quantitative estimate of drug-likeness (QED) is 0.123. The third kappa shape index (κ3) is 6.76. The predicted molar refractivity (Wildman–Crippen MR) is 208 cm³/mol. The first kappa shape index (κ1) is 36.8. The molecule has 0 aliphatic carbocycles. The smallest absolute Gasteiger partial charge is 0.00238 e. The molecule has 0 saturated heterocycles. The van der Waals surface area contributed by atoms with Gasteiger partial charge in [0.15, 0.2) is 0 Å². The molecule has 0 heteroatoms. The molecule has 0 spiro atoms. The molecule has 0 aromatic heterocycles. The van der Waals surface area contributed by atoms with Crippen molar-refractivity contribution in [3.63, 3.8) is 0 Å². The van der Waals surface area contributed by atoms with E-state index in [4.69, 9.17) is 0 Å². The minimum atomic E-state index is 0.523. The van der Waals surface area contributed by atoms with Crippen molar-refractivity contribution in [2.24, 2.45) is 71.0 Å². The van der Waals surface area contributed by atoms with E-state index in [-0.39, 0.29) is 0 Å². The maximum Gasteiger partial charge on any atom is -0.00238 e. The van der Waals surface area contributed by atoms with Gasteiger partial charge in [-0.3, -0.25) is 0 Å². The standard InChI is InChI=1S/C46H70/c1-25(2)39(26(3)4)45(40(27(5)6)28(7)8)37-21-19-33-17-18-34-20-22-38(36-24-23-35(37)43(33)44(34)36)46(41(29(9)10)30(11)12)42(31(13)14)32(15)16/h17-32,39-42,45-46H,1-16H3. The van der Waals surface area contributed by atoms with Gasteiger partial charge in [-0.15, -0.1) is 0 Å². The van der Waals surface area contributed by atoms with Gasteiger partial charge in [-0.2, -0.15) is 0 Å². The summed E-state index contributed by atoms with van der Waals surface area (Å²) < 4.78 is 0. The van der Waals surface area contributed by atoms with E-state index in [1.165, 1.54) is 32.3 Å². The van der Waals surface area contributed by atoms with Crippen LogP contribution in [0.1, 0.15) is 134 Å². The van der Waals surface area contributed by atoms with Crippen LogP contribution in [0, 0.1) is 71.0 Å². The van der Waals surface area contributed by atoms with Crippen molar-refractivity contribution in [2.45, 2.75) is 123 Å². The lowest BCUT2D eigenvalue weighted by Crippen LogP contribution is -2.34. The average molecular weight is 623 g/mol. The van der Waals surface area contributed by atoms with Gasteiger partial charge in [-0.1, -0.05) is 159 Å². The second-order valence-electron chi connectivity index (χ2n) is 18.0. The Hall–Kier alpha value is -2.08. The third-order valence-corrected chi connectivity index (χ3v) is 12.3. The number of rotatable bonds is 14. The number of hydrogen-bond donors (Lipinski definition) is 0. The molecule has 0 bridgehead atoms. The monoisotopic (exact) mass is 623 g/mol. The zero-order valence-corrected chi connectivity index (χ0v) is 32.7. The topological polar surface area (TPSA) is 0 Å². The molecule has 0 radical (unpaired) electrons. The zero-order valence-electron chi connectivity index (χ0n) is 32.7. The van der Waals surface area contributed by atoms with E-state index in [0.29, 0.717) is 82.9 Å². The van der Waals surface area contributed by atoms with Gasteiger partial charge in [0.1, 0.15) is 0 Å². The van der Waals surface area contributed by atoms with Crippen LogP contribution in [0.3, 0.4) is 0 Å². The lowest BCUT2D eigenvalue weighted by Gasteiger charge is -2.43. The first-order valence-corrected chi connectivity index (χ1v) is 19.2. The lowest BCUT2D eigenvalue weighted by molar-refractivity contribution is 0.127. The van der Waals surface area contributed by atoms with E-state index in [2.05, 4.69) is 159 Å². The first-order chi connectivity index (χ1) is 21.5. The van der Waals surface area contributed by atoms with Crippen LogP contribution in [-0.2, 0) is 0 Å². The highest BCUT2D eigenvalue weighted by Gasteiger charge is 2.40. The van der Waals surface area contributed by atoms with Crippen molar-refractivity contribution < 1.29 is 0 Å². The molecule has 0 aliphatic heterocycles. The van der Waals surface area contributed by atoms with Crippen molar-refractivity contribution >= 4 is 32.3 Å². The molecule has 0 aliphatic rings. The Labute approximate surface area is 284 Å². The second-order valence-corrected chi connectivity index (χ2v) is 18.0. The average Bonchev–Trinajstić information content (AvgIpc) is 2.93. The Morgan fingerprint density at radius 2 is 0.500 bits per heavy atom. The molecule has 0 N–H and O–H groups in total. The second kappa shape index (κ2) is 14.6. The Kier molecular flexibility index (Phi) is 11.6. The zero-order chi connectivity index (χ0) is 34.4. The lowest BCUT2D eigenvalue weighted by atomic mass is 9.61. The van der Waals surface area contributed by atoms with Crippen LogP contribution in [0.25, 0.3) is 32.3 Å². The maximum atomic E-state index is 2.56. The summed E-state index contributed by atoms with van der Waals surface area (Å²) in [4.78, 5) is 0. The van der Waals surface area contributed by atoms with E-state index >= 15 is 0 Å². The summed E-state index contributed by atoms with van der Waals surface area (Å²) >= 11 is 0. The minimum absolute atomic E-state index is 0.523. The molecule has 46 heavy (non-hydrogen) atoms. The van der Waals surface area contributed by atoms with Crippen LogP contribution < -0.4 is 0 Å². The minimum Gasteiger partial charge on any atom is -0.0625 e. The van der Waals surface area contributed by atoms with E-state index in [1.807, 2.05) is 0 Å². The van der Waals surface area contributed by atoms with Gasteiger partial charge in [0.25, 0.3) is 0 Å². The Balaban J connectivity index is 2.13. The molecule has 0 fully saturated rings. The fraction of sp³-hybridized carbons (Fsp3) is 0.652. The molecule has 0 saturated carbocycles. The molecule has 4 aromatic rings. The van der Waals surface area contributed by atoms with Crippen LogP contribution in [0.15, 0.2) is 48.5 Å². The summed E-state index contributed by atoms with van der Waals surface area (Å²) in [5.74, 6) is 8.59. The number of benzene rings is 4. The molecular formula is C46H70. The molecule has 0 amide bonds. The van der Waals surface area contributed by atoms with Gasteiger partial charge in [-0.05, 0) is 126 Å². The van der Waals surface area contributed by atoms with Gasteiger partial charge >= 0.3 is 0 Å². The largest absolute Gasteiger partial charge is 0.0625 e. The van der Waals surface area contributed by atoms with E-state index < -0.39 is 0 Å². The molecular weight excluding hydrogens is 553 g/mol. The van der Waals surface area contributed by atoms with Gasteiger partial charge < -0.3 is 0 Å². The normalized spacial score (nSPS) is 13.8. The first-order valence-electron chi connectivity index (χ1n) is 19.2. The van der Waals surface area contributed by atoms with Gasteiger partial charge in [0.2, 0.25) is 0 Å². The van der Waals surface area contributed by atoms with Crippen molar-refractivity contribution in [3.8, 4) is 0 Å². The van der Waals surface area contributed by atoms with E-state index in [9.17, 15) is 0 Å². The predicted octanol–water partition coefficient (Wildman–Crippen LogP) is 14.5. The summed E-state index contributed by atoms with van der Waals surface area (Å²) in [6.07, 6.45) is 0. The van der Waals surface area contributed by atoms with Crippen LogP contribution >= 0.6 is 0 Å². The summed E-state index contributed by atoms with van der Waals surface area (Å²) in [6, 6.07) is 19.9. The van der Waals surface area contributed by atoms with Crippen LogP contribution in [-0.4, -0.2) is 0 Å². The van der Waals surface area contributed by atoms with Crippen molar-refractivity contribution in [1.29, 1.82) is 0 Å². The third-order valence-electron chi connectivity index (χ3n) is 12.3. The molecule has 0 unspecified atom stereocenters.